The molecule has 4 nitrogen and oxygen atoms in total. The first-order valence-electron chi connectivity index (χ1n) is 6.59. The van der Waals surface area contributed by atoms with E-state index < -0.39 is 5.97 Å². The maximum atomic E-state index is 12.2. The van der Waals surface area contributed by atoms with Gasteiger partial charge in [-0.05, 0) is 55.3 Å². The number of amides is 1. The number of methoxy groups -OCH3 is 1. The van der Waals surface area contributed by atoms with Crippen molar-refractivity contribution in [1.29, 1.82) is 0 Å². The lowest BCUT2D eigenvalue weighted by Gasteiger charge is -2.10. The Bertz CT molecular complexity index is 675. The van der Waals surface area contributed by atoms with Crippen LogP contribution in [0.2, 0.25) is 0 Å². The van der Waals surface area contributed by atoms with E-state index >= 15 is 0 Å². The summed E-state index contributed by atoms with van der Waals surface area (Å²) < 4.78 is 4.62. The van der Waals surface area contributed by atoms with Crippen molar-refractivity contribution in [1.82, 2.24) is 0 Å². The smallest absolute Gasteiger partial charge is 0.337 e. The number of ether oxygens (including phenoxy) is 1. The highest BCUT2D eigenvalue weighted by atomic mass is 16.5. The van der Waals surface area contributed by atoms with E-state index in [1.165, 1.54) is 7.11 Å². The third-order valence-electron chi connectivity index (χ3n) is 3.42. The number of esters is 1. The van der Waals surface area contributed by atoms with Crippen molar-refractivity contribution in [3.63, 3.8) is 0 Å². The van der Waals surface area contributed by atoms with Gasteiger partial charge in [0.05, 0.1) is 12.7 Å². The molecule has 0 bridgehead atoms. The number of rotatable bonds is 3. The average Bonchev–Trinajstić information content (AvgIpc) is 2.51. The Balaban J connectivity index is 2.17. The number of hydrogen-bond acceptors (Lipinski definition) is 3. The van der Waals surface area contributed by atoms with Gasteiger partial charge in [0.1, 0.15) is 0 Å². The fourth-order valence-electron chi connectivity index (χ4n) is 1.96. The SMILES string of the molecule is COC(=O)c1ccc(C(=O)Nc2cccc(C)c2C)cc1. The summed E-state index contributed by atoms with van der Waals surface area (Å²) in [5.41, 5.74) is 3.85. The predicted molar refractivity (Wildman–Crippen MR) is 81.7 cm³/mol. The van der Waals surface area contributed by atoms with Gasteiger partial charge < -0.3 is 10.1 Å². The van der Waals surface area contributed by atoms with Crippen LogP contribution in [0.15, 0.2) is 42.5 Å². The molecule has 0 unspecified atom stereocenters. The number of anilines is 1. The molecular weight excluding hydrogens is 266 g/mol. The van der Waals surface area contributed by atoms with E-state index in [1.807, 2.05) is 32.0 Å². The van der Waals surface area contributed by atoms with E-state index in [9.17, 15) is 9.59 Å². The van der Waals surface area contributed by atoms with Crippen LogP contribution >= 0.6 is 0 Å². The van der Waals surface area contributed by atoms with E-state index in [0.29, 0.717) is 11.1 Å². The molecule has 0 aliphatic carbocycles. The van der Waals surface area contributed by atoms with Gasteiger partial charge in [-0.25, -0.2) is 4.79 Å². The summed E-state index contributed by atoms with van der Waals surface area (Å²) in [6.07, 6.45) is 0. The second-order valence-electron chi connectivity index (χ2n) is 4.77. The highest BCUT2D eigenvalue weighted by Crippen LogP contribution is 2.19. The van der Waals surface area contributed by atoms with Crippen molar-refractivity contribution < 1.29 is 14.3 Å². The van der Waals surface area contributed by atoms with E-state index in [-0.39, 0.29) is 5.91 Å². The Hall–Kier alpha value is -2.62. The van der Waals surface area contributed by atoms with Crippen LogP contribution in [-0.4, -0.2) is 19.0 Å². The lowest BCUT2D eigenvalue weighted by Crippen LogP contribution is -2.13. The zero-order chi connectivity index (χ0) is 15.4. The second-order valence-corrected chi connectivity index (χ2v) is 4.77. The zero-order valence-corrected chi connectivity index (χ0v) is 12.3. The third kappa shape index (κ3) is 3.28. The molecule has 108 valence electrons. The number of carbonyl (C=O) groups is 2. The van der Waals surface area contributed by atoms with Gasteiger partial charge in [-0.3, -0.25) is 4.79 Å². The Morgan fingerprint density at radius 2 is 1.57 bits per heavy atom. The predicted octanol–water partition coefficient (Wildman–Crippen LogP) is 3.34. The standard InChI is InChI=1S/C17H17NO3/c1-11-5-4-6-15(12(11)2)18-16(19)13-7-9-14(10-8-13)17(20)21-3/h4-10H,1-3H3,(H,18,19). The molecule has 0 spiro atoms. The van der Waals surface area contributed by atoms with Gasteiger partial charge in [-0.1, -0.05) is 12.1 Å². The molecule has 0 fully saturated rings. The van der Waals surface area contributed by atoms with Gasteiger partial charge >= 0.3 is 5.97 Å². The van der Waals surface area contributed by atoms with Crippen molar-refractivity contribution >= 4 is 17.6 Å². The molecule has 1 amide bonds. The van der Waals surface area contributed by atoms with Gasteiger partial charge in [-0.15, -0.1) is 0 Å². The van der Waals surface area contributed by atoms with Crippen LogP contribution < -0.4 is 5.32 Å². The third-order valence-corrected chi connectivity index (χ3v) is 3.42. The normalized spacial score (nSPS) is 10.0. The minimum Gasteiger partial charge on any atom is -0.465 e. The minimum absolute atomic E-state index is 0.208. The molecule has 0 aliphatic rings. The van der Waals surface area contributed by atoms with Crippen molar-refractivity contribution in [2.75, 3.05) is 12.4 Å². The van der Waals surface area contributed by atoms with Gasteiger partial charge in [0.25, 0.3) is 5.91 Å². The summed E-state index contributed by atoms with van der Waals surface area (Å²) in [6, 6.07) is 12.1. The number of carbonyl (C=O) groups excluding carboxylic acids is 2. The quantitative estimate of drug-likeness (QED) is 0.879. The van der Waals surface area contributed by atoms with Crippen molar-refractivity contribution in [3.8, 4) is 0 Å². The van der Waals surface area contributed by atoms with Gasteiger partial charge in [-0.2, -0.15) is 0 Å². The van der Waals surface area contributed by atoms with Gasteiger partial charge in [0.15, 0.2) is 0 Å². The zero-order valence-electron chi connectivity index (χ0n) is 12.3. The summed E-state index contributed by atoms with van der Waals surface area (Å²) in [7, 11) is 1.32. The Morgan fingerprint density at radius 3 is 2.19 bits per heavy atom. The fourth-order valence-corrected chi connectivity index (χ4v) is 1.96. The largest absolute Gasteiger partial charge is 0.465 e. The van der Waals surface area contributed by atoms with E-state index in [4.69, 9.17) is 0 Å². The molecule has 0 heterocycles. The van der Waals surface area contributed by atoms with Crippen LogP contribution in [0.1, 0.15) is 31.8 Å². The molecule has 0 radical (unpaired) electrons. The van der Waals surface area contributed by atoms with Crippen LogP contribution in [-0.2, 0) is 4.74 Å². The minimum atomic E-state index is -0.420. The highest BCUT2D eigenvalue weighted by Gasteiger charge is 2.10. The Kier molecular flexibility index (Phi) is 4.38. The number of aryl methyl sites for hydroxylation is 1. The molecule has 0 saturated carbocycles. The fraction of sp³-hybridized carbons (Fsp3) is 0.176. The summed E-state index contributed by atoms with van der Waals surface area (Å²) in [5.74, 6) is -0.628. The van der Waals surface area contributed by atoms with Crippen LogP contribution in [0.5, 0.6) is 0 Å². The lowest BCUT2D eigenvalue weighted by atomic mass is 10.1. The second kappa shape index (κ2) is 6.22. The van der Waals surface area contributed by atoms with Crippen LogP contribution in [0.3, 0.4) is 0 Å². The molecule has 0 aliphatic heterocycles. The molecule has 0 saturated heterocycles. The summed E-state index contributed by atoms with van der Waals surface area (Å²) in [4.78, 5) is 23.5. The summed E-state index contributed by atoms with van der Waals surface area (Å²) in [6.45, 7) is 3.96. The topological polar surface area (TPSA) is 55.4 Å². The van der Waals surface area contributed by atoms with E-state index in [1.54, 1.807) is 24.3 Å². The van der Waals surface area contributed by atoms with E-state index in [2.05, 4.69) is 10.1 Å². The molecule has 4 heteroatoms. The lowest BCUT2D eigenvalue weighted by molar-refractivity contribution is 0.0600. The number of benzene rings is 2. The molecule has 0 atom stereocenters. The van der Waals surface area contributed by atoms with Crippen molar-refractivity contribution in [3.05, 3.63) is 64.7 Å². The summed E-state index contributed by atoms with van der Waals surface area (Å²) in [5, 5.41) is 2.87. The summed E-state index contributed by atoms with van der Waals surface area (Å²) >= 11 is 0. The molecule has 2 aromatic carbocycles. The maximum absolute atomic E-state index is 12.2. The molecule has 1 N–H and O–H groups in total. The maximum Gasteiger partial charge on any atom is 0.337 e. The van der Waals surface area contributed by atoms with Crippen LogP contribution in [0.25, 0.3) is 0 Å². The van der Waals surface area contributed by atoms with Crippen LogP contribution in [0.4, 0.5) is 5.69 Å². The number of nitrogens with one attached hydrogen (secondary N) is 1. The highest BCUT2D eigenvalue weighted by molar-refractivity contribution is 6.05. The molecule has 21 heavy (non-hydrogen) atoms. The van der Waals surface area contributed by atoms with Crippen molar-refractivity contribution in [2.24, 2.45) is 0 Å². The van der Waals surface area contributed by atoms with Gasteiger partial charge in [0.2, 0.25) is 0 Å². The molecular formula is C17H17NO3. The van der Waals surface area contributed by atoms with Crippen molar-refractivity contribution in [2.45, 2.75) is 13.8 Å². The molecule has 2 rings (SSSR count). The van der Waals surface area contributed by atoms with Gasteiger partial charge in [0, 0.05) is 11.3 Å². The monoisotopic (exact) mass is 283 g/mol. The molecule has 2 aromatic rings. The Labute approximate surface area is 123 Å². The first-order valence-corrected chi connectivity index (χ1v) is 6.59. The Morgan fingerprint density at radius 1 is 0.952 bits per heavy atom. The first kappa shape index (κ1) is 14.8. The number of hydrogen-bond donors (Lipinski definition) is 1. The molecule has 0 aromatic heterocycles. The average molecular weight is 283 g/mol. The first-order chi connectivity index (χ1) is 10.0. The van der Waals surface area contributed by atoms with E-state index in [0.717, 1.165) is 16.8 Å². The van der Waals surface area contributed by atoms with Crippen LogP contribution in [0, 0.1) is 13.8 Å².